The van der Waals surface area contributed by atoms with Gasteiger partial charge in [0.25, 0.3) is 6.26 Å². The van der Waals surface area contributed by atoms with Crippen molar-refractivity contribution in [1.82, 2.24) is 0 Å². The monoisotopic (exact) mass is 139 g/mol. The van der Waals surface area contributed by atoms with Gasteiger partial charge in [-0.3, -0.25) is 4.89 Å². The summed E-state index contributed by atoms with van der Waals surface area (Å²) in [5.74, 6) is 0. The second kappa shape index (κ2) is 2.64. The Morgan fingerprint density at radius 2 is 2.25 bits per heavy atom. The second-order valence-corrected chi connectivity index (χ2v) is 2.02. The van der Waals surface area contributed by atoms with E-state index in [4.69, 9.17) is 15.4 Å². The molecular formula is CH2NO5P. The average Bonchev–Trinajstić information content (AvgIpc) is 1.67. The lowest BCUT2D eigenvalue weighted by molar-refractivity contribution is -0.158. The Hall–Kier alpha value is -0.600. The van der Waals surface area contributed by atoms with Crippen LogP contribution >= 0.6 is 7.82 Å². The van der Waals surface area contributed by atoms with E-state index in [0.29, 0.717) is 0 Å². The molecule has 0 aromatic carbocycles. The van der Waals surface area contributed by atoms with Crippen LogP contribution < -0.4 is 0 Å². The van der Waals surface area contributed by atoms with Crippen molar-refractivity contribution in [2.24, 2.45) is 0 Å². The first kappa shape index (κ1) is 7.40. The first-order valence-electron chi connectivity index (χ1n) is 1.36. The molecule has 2 N–H and O–H groups in total. The Balaban J connectivity index is 3.78. The first-order valence-corrected chi connectivity index (χ1v) is 2.85. The normalized spacial score (nSPS) is 16.1. The number of nitriles is 1. The second-order valence-electron chi connectivity index (χ2n) is 0.733. The van der Waals surface area contributed by atoms with Crippen LogP contribution in [0.25, 0.3) is 0 Å². The van der Waals surface area contributed by atoms with Crippen LogP contribution in [-0.4, -0.2) is 10.2 Å². The summed E-state index contributed by atoms with van der Waals surface area (Å²) in [4.78, 5) is 7.96. The van der Waals surface area contributed by atoms with Crippen LogP contribution in [-0.2, 0) is 13.8 Å². The van der Waals surface area contributed by atoms with E-state index in [0.717, 1.165) is 6.26 Å². The summed E-state index contributed by atoms with van der Waals surface area (Å²) in [6.45, 7) is 0. The summed E-state index contributed by atoms with van der Waals surface area (Å²) in [6.07, 6.45) is 0.861. The fourth-order valence-corrected chi connectivity index (χ4v) is 0.205. The maximum absolute atomic E-state index is 9.82. The quantitative estimate of drug-likeness (QED) is 0.243. The highest BCUT2D eigenvalue weighted by Crippen LogP contribution is 2.40. The molecule has 0 spiro atoms. The van der Waals surface area contributed by atoms with E-state index in [9.17, 15) is 4.57 Å². The molecule has 0 aromatic heterocycles. The number of nitrogens with zero attached hydrogens (tertiary/aromatic N) is 1. The number of phosphoric acid groups is 1. The van der Waals surface area contributed by atoms with Crippen molar-refractivity contribution in [3.05, 3.63) is 0 Å². The Labute approximate surface area is 44.4 Å². The van der Waals surface area contributed by atoms with E-state index in [1.807, 2.05) is 0 Å². The zero-order valence-corrected chi connectivity index (χ0v) is 4.41. The van der Waals surface area contributed by atoms with Crippen LogP contribution in [0.5, 0.6) is 0 Å². The summed E-state index contributed by atoms with van der Waals surface area (Å²) < 4.78 is 16.0. The van der Waals surface area contributed by atoms with Gasteiger partial charge in [0.15, 0.2) is 0 Å². The highest BCUT2D eigenvalue weighted by molar-refractivity contribution is 7.47. The summed E-state index contributed by atoms with van der Waals surface area (Å²) >= 11 is 0. The largest absolute Gasteiger partial charge is 0.564 e. The van der Waals surface area contributed by atoms with Gasteiger partial charge in [-0.25, -0.2) is 9.82 Å². The maximum atomic E-state index is 9.82. The van der Waals surface area contributed by atoms with E-state index in [-0.39, 0.29) is 0 Å². The van der Waals surface area contributed by atoms with Gasteiger partial charge in [0.05, 0.1) is 0 Å². The molecule has 0 saturated carbocycles. The van der Waals surface area contributed by atoms with Crippen LogP contribution in [0.2, 0.25) is 0 Å². The summed E-state index contributed by atoms with van der Waals surface area (Å²) in [7, 11) is -4.48. The lowest BCUT2D eigenvalue weighted by atomic mass is 11.6. The van der Waals surface area contributed by atoms with Crippen molar-refractivity contribution in [2.75, 3.05) is 0 Å². The van der Waals surface area contributed by atoms with Gasteiger partial charge in [-0.2, -0.15) is 0 Å². The van der Waals surface area contributed by atoms with Gasteiger partial charge in [0.1, 0.15) is 0 Å². The molecule has 0 rings (SSSR count). The minimum absolute atomic E-state index is 0.861. The molecule has 0 fully saturated rings. The highest BCUT2D eigenvalue weighted by atomic mass is 31.2. The highest BCUT2D eigenvalue weighted by Gasteiger charge is 2.21. The summed E-state index contributed by atoms with van der Waals surface area (Å²) in [5.41, 5.74) is 0. The van der Waals surface area contributed by atoms with E-state index >= 15 is 0 Å². The molecule has 8 heavy (non-hydrogen) atoms. The molecule has 0 saturated heterocycles. The van der Waals surface area contributed by atoms with Crippen LogP contribution in [0.1, 0.15) is 0 Å². The molecule has 0 aliphatic carbocycles. The zero-order chi connectivity index (χ0) is 6.62. The van der Waals surface area contributed by atoms with Crippen molar-refractivity contribution in [2.45, 2.75) is 0 Å². The van der Waals surface area contributed by atoms with Crippen molar-refractivity contribution >= 4 is 7.82 Å². The Morgan fingerprint density at radius 1 is 1.75 bits per heavy atom. The average molecular weight is 139 g/mol. The Bertz CT molecular complexity index is 147. The fourth-order valence-electron chi connectivity index (χ4n) is 0.0683. The fraction of sp³-hybridized carbons (Fsp3) is 0. The van der Waals surface area contributed by atoms with Gasteiger partial charge in [-0.05, 0) is 0 Å². The molecule has 0 bridgehead atoms. The van der Waals surface area contributed by atoms with E-state index in [1.54, 1.807) is 0 Å². The number of phosphoric ester groups is 1. The molecule has 0 amide bonds. The Morgan fingerprint density at radius 3 is 2.38 bits per heavy atom. The molecule has 1 unspecified atom stereocenters. The third kappa shape index (κ3) is 2.55. The van der Waals surface area contributed by atoms with Crippen LogP contribution in [0, 0.1) is 11.5 Å². The van der Waals surface area contributed by atoms with Crippen LogP contribution in [0.3, 0.4) is 0 Å². The molecule has 46 valence electrons. The topological polar surface area (TPSA) is 99.8 Å². The van der Waals surface area contributed by atoms with E-state index in [2.05, 4.69) is 9.20 Å². The lowest BCUT2D eigenvalue weighted by Gasteiger charge is -1.97. The third-order valence-electron chi connectivity index (χ3n) is 0.259. The minimum atomic E-state index is -4.48. The van der Waals surface area contributed by atoms with Gasteiger partial charge in [-0.1, -0.05) is 0 Å². The standard InChI is InChI=1S/CH2NO5P/c2-1-6-8(4,5)7-3/h3H,(H,4,5). The molecule has 1 atom stereocenters. The lowest BCUT2D eigenvalue weighted by Crippen LogP contribution is -1.83. The zero-order valence-electron chi connectivity index (χ0n) is 3.51. The molecule has 0 aliphatic heterocycles. The number of hydrogen-bond donors (Lipinski definition) is 2. The minimum Gasteiger partial charge on any atom is -0.326 e. The van der Waals surface area contributed by atoms with E-state index in [1.165, 1.54) is 0 Å². The van der Waals surface area contributed by atoms with Crippen LogP contribution in [0.15, 0.2) is 0 Å². The molecule has 0 heterocycles. The smallest absolute Gasteiger partial charge is 0.326 e. The molecule has 7 heteroatoms. The molecule has 6 nitrogen and oxygen atoms in total. The summed E-state index contributed by atoms with van der Waals surface area (Å²) in [5, 5.41) is 15.0. The van der Waals surface area contributed by atoms with Gasteiger partial charge in [-0.15, -0.1) is 9.94 Å². The number of hydrogen-bond acceptors (Lipinski definition) is 5. The van der Waals surface area contributed by atoms with Gasteiger partial charge in [0.2, 0.25) is 0 Å². The predicted octanol–water partition coefficient (Wildman–Crippen LogP) is 0.0741. The van der Waals surface area contributed by atoms with Crippen molar-refractivity contribution < 1.29 is 23.9 Å². The first-order chi connectivity index (χ1) is 3.62. The van der Waals surface area contributed by atoms with Gasteiger partial charge >= 0.3 is 7.82 Å². The summed E-state index contributed by atoms with van der Waals surface area (Å²) in [6, 6.07) is 0. The van der Waals surface area contributed by atoms with E-state index < -0.39 is 7.82 Å². The molecular weight excluding hydrogens is 137 g/mol. The van der Waals surface area contributed by atoms with Gasteiger partial charge in [0, 0.05) is 0 Å². The SMILES string of the molecule is N#COP(=O)(O)OO. The van der Waals surface area contributed by atoms with Crippen molar-refractivity contribution in [1.29, 1.82) is 5.26 Å². The number of rotatable bonds is 2. The molecule has 0 aromatic rings. The van der Waals surface area contributed by atoms with Crippen molar-refractivity contribution in [3.63, 3.8) is 0 Å². The predicted molar refractivity (Wildman–Crippen MR) is 20.2 cm³/mol. The van der Waals surface area contributed by atoms with Crippen molar-refractivity contribution in [3.8, 4) is 6.26 Å². The molecule has 0 aliphatic rings. The van der Waals surface area contributed by atoms with Gasteiger partial charge < -0.3 is 4.52 Å². The Kier molecular flexibility index (Phi) is 2.45. The molecule has 0 radical (unpaired) electrons. The third-order valence-corrected chi connectivity index (χ3v) is 0.778. The van der Waals surface area contributed by atoms with Crippen LogP contribution in [0.4, 0.5) is 0 Å². The maximum Gasteiger partial charge on any atom is 0.564 e.